The van der Waals surface area contributed by atoms with Gasteiger partial charge < -0.3 is 19.7 Å². The number of hydrogen-bond acceptors (Lipinski definition) is 5. The number of nitrogens with zero attached hydrogens (tertiary/aromatic N) is 4. The van der Waals surface area contributed by atoms with E-state index in [0.29, 0.717) is 0 Å². The number of hydrogen-bond donors (Lipinski definition) is 1. The molecule has 29 heavy (non-hydrogen) atoms. The molecule has 0 aliphatic carbocycles. The summed E-state index contributed by atoms with van der Waals surface area (Å²) in [6, 6.07) is 6.02. The van der Waals surface area contributed by atoms with E-state index in [1.54, 1.807) is 14.2 Å². The van der Waals surface area contributed by atoms with Gasteiger partial charge in [-0.2, -0.15) is 5.10 Å². The van der Waals surface area contributed by atoms with Gasteiger partial charge in [-0.25, -0.2) is 0 Å². The van der Waals surface area contributed by atoms with E-state index in [9.17, 15) is 0 Å². The topological polar surface area (TPSA) is 54.8 Å². The van der Waals surface area contributed by atoms with E-state index in [4.69, 9.17) is 21.7 Å². The summed E-state index contributed by atoms with van der Waals surface area (Å²) >= 11 is 5.61. The highest BCUT2D eigenvalue weighted by atomic mass is 32.1. The lowest BCUT2D eigenvalue weighted by atomic mass is 10.1. The molecule has 3 rings (SSSR count). The molecule has 1 aliphatic heterocycles. The summed E-state index contributed by atoms with van der Waals surface area (Å²) in [5, 5.41) is 8.67. The molecule has 1 aromatic carbocycles. The fourth-order valence-electron chi connectivity index (χ4n) is 3.62. The van der Waals surface area contributed by atoms with Crippen LogP contribution < -0.4 is 14.8 Å². The van der Waals surface area contributed by atoms with Crippen LogP contribution in [0.5, 0.6) is 11.5 Å². The Morgan fingerprint density at radius 3 is 2.48 bits per heavy atom. The molecule has 0 atom stereocenters. The van der Waals surface area contributed by atoms with Crippen LogP contribution >= 0.6 is 12.2 Å². The molecular formula is C21H31N5O2S. The Balaban J connectivity index is 1.41. The van der Waals surface area contributed by atoms with Crippen LogP contribution in [0.25, 0.3) is 0 Å². The number of piperazine rings is 1. The van der Waals surface area contributed by atoms with Gasteiger partial charge in [0.1, 0.15) is 0 Å². The first-order chi connectivity index (χ1) is 14.0. The number of ether oxygens (including phenoxy) is 2. The first-order valence-corrected chi connectivity index (χ1v) is 10.4. The quantitative estimate of drug-likeness (QED) is 0.692. The Labute approximate surface area is 178 Å². The van der Waals surface area contributed by atoms with Crippen molar-refractivity contribution in [2.75, 3.05) is 46.9 Å². The van der Waals surface area contributed by atoms with Crippen LogP contribution in [0.15, 0.2) is 24.4 Å². The third kappa shape index (κ3) is 5.61. The van der Waals surface area contributed by atoms with Crippen LogP contribution in [0, 0.1) is 6.92 Å². The molecule has 1 aliphatic rings. The lowest BCUT2D eigenvalue weighted by Crippen LogP contribution is -2.51. The van der Waals surface area contributed by atoms with Crippen molar-refractivity contribution in [1.29, 1.82) is 0 Å². The van der Waals surface area contributed by atoms with Crippen molar-refractivity contribution in [3.05, 3.63) is 41.2 Å². The number of rotatable bonds is 7. The highest BCUT2D eigenvalue weighted by Gasteiger charge is 2.20. The van der Waals surface area contributed by atoms with Crippen molar-refractivity contribution < 1.29 is 9.47 Å². The van der Waals surface area contributed by atoms with Gasteiger partial charge in [0.25, 0.3) is 0 Å². The van der Waals surface area contributed by atoms with E-state index in [-0.39, 0.29) is 0 Å². The first-order valence-electron chi connectivity index (χ1n) is 9.95. The Morgan fingerprint density at radius 2 is 1.86 bits per heavy atom. The van der Waals surface area contributed by atoms with Gasteiger partial charge in [-0.15, -0.1) is 0 Å². The molecule has 0 unspecified atom stereocenters. The highest BCUT2D eigenvalue weighted by molar-refractivity contribution is 7.80. The van der Waals surface area contributed by atoms with E-state index < -0.39 is 0 Å². The average Bonchev–Trinajstić information content (AvgIpc) is 3.04. The van der Waals surface area contributed by atoms with E-state index >= 15 is 0 Å². The number of benzene rings is 1. The molecule has 1 fully saturated rings. The van der Waals surface area contributed by atoms with Crippen molar-refractivity contribution in [3.8, 4) is 11.5 Å². The number of nitrogens with one attached hydrogen (secondary N) is 1. The van der Waals surface area contributed by atoms with Gasteiger partial charge >= 0.3 is 0 Å². The van der Waals surface area contributed by atoms with Crippen molar-refractivity contribution in [2.24, 2.45) is 7.05 Å². The fourth-order valence-corrected chi connectivity index (χ4v) is 3.90. The summed E-state index contributed by atoms with van der Waals surface area (Å²) in [6.45, 7) is 7.72. The zero-order valence-electron chi connectivity index (χ0n) is 17.8. The molecule has 0 amide bonds. The van der Waals surface area contributed by atoms with Gasteiger partial charge in [0.05, 0.1) is 19.9 Å². The van der Waals surface area contributed by atoms with Crippen LogP contribution in [0.4, 0.5) is 0 Å². The Hall–Kier alpha value is -2.32. The highest BCUT2D eigenvalue weighted by Crippen LogP contribution is 2.27. The molecule has 1 N–H and O–H groups in total. The Kier molecular flexibility index (Phi) is 7.33. The standard InChI is InChI=1S/C21H31N5O2S/c1-16-18(14-24(2)23-16)15-25-9-11-26(12-10-25)21(29)22-8-7-17-5-6-19(27-3)20(13-17)28-4/h5-6,13-14H,7-12,15H2,1-4H3,(H,22,29). The number of methoxy groups -OCH3 is 2. The molecule has 0 saturated carbocycles. The molecule has 8 heteroatoms. The number of aryl methyl sites for hydroxylation is 2. The van der Waals surface area contributed by atoms with Gasteiger partial charge in [-0.05, 0) is 43.3 Å². The van der Waals surface area contributed by atoms with E-state index in [0.717, 1.165) is 68.0 Å². The zero-order chi connectivity index (χ0) is 20.8. The summed E-state index contributed by atoms with van der Waals surface area (Å²) in [5.41, 5.74) is 3.61. The summed E-state index contributed by atoms with van der Waals surface area (Å²) in [7, 11) is 5.28. The van der Waals surface area contributed by atoms with Gasteiger partial charge in [-0.1, -0.05) is 6.07 Å². The lowest BCUT2D eigenvalue weighted by molar-refractivity contribution is 0.174. The molecule has 2 aromatic rings. The molecule has 0 bridgehead atoms. The first kappa shape index (κ1) is 21.4. The number of aromatic nitrogens is 2. The van der Waals surface area contributed by atoms with Crippen molar-refractivity contribution in [1.82, 2.24) is 24.9 Å². The maximum absolute atomic E-state index is 5.61. The Bertz CT molecular complexity index is 830. The summed E-state index contributed by atoms with van der Waals surface area (Å²) in [4.78, 5) is 4.73. The van der Waals surface area contributed by atoms with Crippen LogP contribution in [0.3, 0.4) is 0 Å². The minimum absolute atomic E-state index is 0.749. The normalized spacial score (nSPS) is 14.7. The molecule has 0 radical (unpaired) electrons. The molecule has 7 nitrogen and oxygen atoms in total. The van der Waals surface area contributed by atoms with Gasteiger partial charge in [-0.3, -0.25) is 9.58 Å². The summed E-state index contributed by atoms with van der Waals surface area (Å²) in [5.74, 6) is 1.51. The van der Waals surface area contributed by atoms with Gasteiger partial charge in [0, 0.05) is 58.1 Å². The Morgan fingerprint density at radius 1 is 1.14 bits per heavy atom. The van der Waals surface area contributed by atoms with Crippen LogP contribution in [0.2, 0.25) is 0 Å². The molecular weight excluding hydrogens is 386 g/mol. The van der Waals surface area contributed by atoms with Crippen LogP contribution in [-0.4, -0.2) is 71.6 Å². The van der Waals surface area contributed by atoms with E-state index in [1.807, 2.05) is 23.9 Å². The third-order valence-electron chi connectivity index (χ3n) is 5.31. The summed E-state index contributed by atoms with van der Waals surface area (Å²) in [6.07, 6.45) is 2.99. The molecule has 1 saturated heterocycles. The van der Waals surface area contributed by atoms with Crippen LogP contribution in [-0.2, 0) is 20.0 Å². The van der Waals surface area contributed by atoms with Gasteiger partial charge in [0.2, 0.25) is 0 Å². The fraction of sp³-hybridized carbons (Fsp3) is 0.524. The van der Waals surface area contributed by atoms with Gasteiger partial charge in [0.15, 0.2) is 16.6 Å². The number of thiocarbonyl (C=S) groups is 1. The third-order valence-corrected chi connectivity index (χ3v) is 5.71. The minimum atomic E-state index is 0.749. The molecule has 1 aromatic heterocycles. The van der Waals surface area contributed by atoms with E-state index in [1.165, 1.54) is 11.1 Å². The van der Waals surface area contributed by atoms with Crippen molar-refractivity contribution in [2.45, 2.75) is 19.9 Å². The zero-order valence-corrected chi connectivity index (χ0v) is 18.6. The minimum Gasteiger partial charge on any atom is -0.493 e. The molecule has 158 valence electrons. The predicted molar refractivity (Wildman–Crippen MR) is 119 cm³/mol. The maximum atomic E-state index is 5.61. The summed E-state index contributed by atoms with van der Waals surface area (Å²) < 4.78 is 12.5. The lowest BCUT2D eigenvalue weighted by Gasteiger charge is -2.36. The second kappa shape index (κ2) is 9.93. The second-order valence-corrected chi connectivity index (χ2v) is 7.73. The maximum Gasteiger partial charge on any atom is 0.169 e. The smallest absolute Gasteiger partial charge is 0.169 e. The van der Waals surface area contributed by atoms with Crippen molar-refractivity contribution >= 4 is 17.3 Å². The SMILES string of the molecule is COc1ccc(CCNC(=S)N2CCN(Cc3cn(C)nc3C)CC2)cc1OC. The van der Waals surface area contributed by atoms with E-state index in [2.05, 4.69) is 39.4 Å². The van der Waals surface area contributed by atoms with Crippen molar-refractivity contribution in [3.63, 3.8) is 0 Å². The largest absolute Gasteiger partial charge is 0.493 e. The monoisotopic (exact) mass is 417 g/mol. The predicted octanol–water partition coefficient (Wildman–Crippen LogP) is 1.98. The molecule has 0 spiro atoms. The van der Waals surface area contributed by atoms with Crippen LogP contribution in [0.1, 0.15) is 16.8 Å². The second-order valence-electron chi connectivity index (χ2n) is 7.35. The molecule has 2 heterocycles. The average molecular weight is 418 g/mol.